The number of esters is 1. The first-order valence-corrected chi connectivity index (χ1v) is 6.94. The highest BCUT2D eigenvalue weighted by Crippen LogP contribution is 2.39. The summed E-state index contributed by atoms with van der Waals surface area (Å²) in [6.45, 7) is 0. The largest absolute Gasteiger partial charge is 0.469 e. The van der Waals surface area contributed by atoms with Crippen LogP contribution in [0.2, 0.25) is 5.02 Å². The molecule has 18 heavy (non-hydrogen) atoms. The average Bonchev–Trinajstić information content (AvgIpc) is 2.42. The van der Waals surface area contributed by atoms with Crippen molar-refractivity contribution in [3.05, 3.63) is 34.9 Å². The molecule has 0 bridgehead atoms. The quantitative estimate of drug-likeness (QED) is 0.768. The van der Waals surface area contributed by atoms with Crippen LogP contribution in [-0.4, -0.2) is 13.1 Å². The molecule has 0 N–H and O–H groups in total. The summed E-state index contributed by atoms with van der Waals surface area (Å²) in [5, 5.41) is 0.665. The number of methoxy groups -OCH3 is 1. The Kier molecular flexibility index (Phi) is 4.65. The van der Waals surface area contributed by atoms with Crippen LogP contribution in [0.25, 0.3) is 0 Å². The third kappa shape index (κ3) is 2.86. The summed E-state index contributed by atoms with van der Waals surface area (Å²) in [7, 11) is 1.45. The van der Waals surface area contributed by atoms with Gasteiger partial charge in [0.1, 0.15) is 0 Å². The highest BCUT2D eigenvalue weighted by atomic mass is 35.5. The van der Waals surface area contributed by atoms with E-state index in [9.17, 15) is 4.79 Å². The molecule has 0 spiro atoms. The smallest absolute Gasteiger partial charge is 0.313 e. The van der Waals surface area contributed by atoms with Crippen molar-refractivity contribution in [2.45, 2.75) is 38.0 Å². The molecule has 0 saturated heterocycles. The molecule has 1 unspecified atom stereocenters. The Morgan fingerprint density at radius 3 is 2.56 bits per heavy atom. The van der Waals surface area contributed by atoms with E-state index in [1.54, 1.807) is 0 Å². The Hall–Kier alpha value is -1.02. The van der Waals surface area contributed by atoms with Crippen LogP contribution in [0.1, 0.15) is 43.6 Å². The monoisotopic (exact) mass is 266 g/mol. The van der Waals surface area contributed by atoms with Crippen molar-refractivity contribution in [2.75, 3.05) is 7.11 Å². The van der Waals surface area contributed by atoms with Gasteiger partial charge in [0.2, 0.25) is 0 Å². The van der Waals surface area contributed by atoms with Gasteiger partial charge in [0.05, 0.1) is 13.0 Å². The molecule has 0 aliphatic heterocycles. The van der Waals surface area contributed by atoms with Gasteiger partial charge in [-0.2, -0.15) is 0 Å². The molecule has 1 saturated carbocycles. The topological polar surface area (TPSA) is 26.3 Å². The molecule has 1 aromatic rings. The molecule has 0 radical (unpaired) electrons. The molecule has 2 nitrogen and oxygen atoms in total. The lowest BCUT2D eigenvalue weighted by molar-refractivity contribution is -0.144. The Labute approximate surface area is 113 Å². The normalized spacial score (nSPS) is 18.3. The fourth-order valence-electron chi connectivity index (χ4n) is 2.90. The van der Waals surface area contributed by atoms with Gasteiger partial charge in [-0.1, -0.05) is 49.1 Å². The number of halogens is 1. The molecule has 0 heterocycles. The Morgan fingerprint density at radius 1 is 1.28 bits per heavy atom. The zero-order valence-electron chi connectivity index (χ0n) is 10.7. The minimum absolute atomic E-state index is 0.157. The minimum atomic E-state index is -0.205. The van der Waals surface area contributed by atoms with Gasteiger partial charge in [0.15, 0.2) is 0 Å². The van der Waals surface area contributed by atoms with Crippen molar-refractivity contribution in [2.24, 2.45) is 5.92 Å². The van der Waals surface area contributed by atoms with Crippen LogP contribution in [0.15, 0.2) is 24.3 Å². The maximum absolute atomic E-state index is 12.1. The van der Waals surface area contributed by atoms with Crippen LogP contribution in [0, 0.1) is 5.92 Å². The third-order valence-electron chi connectivity index (χ3n) is 3.82. The van der Waals surface area contributed by atoms with Crippen molar-refractivity contribution in [1.82, 2.24) is 0 Å². The molecule has 0 amide bonds. The van der Waals surface area contributed by atoms with Crippen LogP contribution < -0.4 is 0 Å². The SMILES string of the molecule is COC(=O)C(c1ccccc1Cl)C1CCCCC1. The van der Waals surface area contributed by atoms with E-state index >= 15 is 0 Å². The first kappa shape index (κ1) is 13.4. The predicted octanol–water partition coefficient (Wildman–Crippen LogP) is 4.18. The predicted molar refractivity (Wildman–Crippen MR) is 72.8 cm³/mol. The van der Waals surface area contributed by atoms with Crippen LogP contribution in [-0.2, 0) is 9.53 Å². The fourth-order valence-corrected chi connectivity index (χ4v) is 3.15. The molecule has 1 aliphatic carbocycles. The molecule has 3 heteroatoms. The summed E-state index contributed by atoms with van der Waals surface area (Å²) in [5.74, 6) is 0.00472. The lowest BCUT2D eigenvalue weighted by Crippen LogP contribution is -2.25. The van der Waals surface area contributed by atoms with E-state index in [0.29, 0.717) is 10.9 Å². The zero-order chi connectivity index (χ0) is 13.0. The van der Waals surface area contributed by atoms with E-state index in [2.05, 4.69) is 0 Å². The van der Waals surface area contributed by atoms with Crippen LogP contribution in [0.5, 0.6) is 0 Å². The van der Waals surface area contributed by atoms with E-state index in [0.717, 1.165) is 18.4 Å². The number of carbonyl (C=O) groups excluding carboxylic acids is 1. The molecular weight excluding hydrogens is 248 g/mol. The van der Waals surface area contributed by atoms with Gasteiger partial charge in [0.25, 0.3) is 0 Å². The second kappa shape index (κ2) is 6.24. The summed E-state index contributed by atoms with van der Waals surface area (Å²) in [5.41, 5.74) is 0.915. The van der Waals surface area contributed by atoms with Crippen molar-refractivity contribution in [1.29, 1.82) is 0 Å². The number of hydrogen-bond acceptors (Lipinski definition) is 2. The van der Waals surface area contributed by atoms with Crippen molar-refractivity contribution in [3.63, 3.8) is 0 Å². The van der Waals surface area contributed by atoms with Gasteiger partial charge in [-0.3, -0.25) is 4.79 Å². The molecule has 1 aromatic carbocycles. The number of carbonyl (C=O) groups is 1. The van der Waals surface area contributed by atoms with Crippen LogP contribution >= 0.6 is 11.6 Å². The second-order valence-electron chi connectivity index (χ2n) is 4.92. The second-order valence-corrected chi connectivity index (χ2v) is 5.33. The van der Waals surface area contributed by atoms with E-state index in [1.807, 2.05) is 24.3 Å². The summed E-state index contributed by atoms with van der Waals surface area (Å²) < 4.78 is 4.98. The number of rotatable bonds is 3. The van der Waals surface area contributed by atoms with Crippen molar-refractivity contribution >= 4 is 17.6 Å². The Bertz CT molecular complexity index is 411. The van der Waals surface area contributed by atoms with Crippen molar-refractivity contribution < 1.29 is 9.53 Å². The summed E-state index contributed by atoms with van der Waals surface area (Å²) >= 11 is 6.23. The van der Waals surface area contributed by atoms with Crippen LogP contribution in [0.4, 0.5) is 0 Å². The fraction of sp³-hybridized carbons (Fsp3) is 0.533. The Morgan fingerprint density at radius 2 is 1.94 bits per heavy atom. The molecule has 98 valence electrons. The maximum atomic E-state index is 12.1. The van der Waals surface area contributed by atoms with E-state index in [-0.39, 0.29) is 11.9 Å². The van der Waals surface area contributed by atoms with E-state index in [1.165, 1.54) is 26.4 Å². The summed E-state index contributed by atoms with van der Waals surface area (Å²) in [4.78, 5) is 12.1. The lowest BCUT2D eigenvalue weighted by Gasteiger charge is -2.29. The first-order valence-electron chi connectivity index (χ1n) is 6.56. The molecule has 1 aliphatic rings. The minimum Gasteiger partial charge on any atom is -0.469 e. The molecule has 2 rings (SSSR count). The van der Waals surface area contributed by atoms with Gasteiger partial charge in [-0.05, 0) is 30.4 Å². The van der Waals surface area contributed by atoms with Gasteiger partial charge in [-0.25, -0.2) is 0 Å². The molecule has 1 fully saturated rings. The Balaban J connectivity index is 2.30. The zero-order valence-corrected chi connectivity index (χ0v) is 11.5. The number of benzene rings is 1. The average molecular weight is 267 g/mol. The highest BCUT2D eigenvalue weighted by Gasteiger charge is 2.32. The van der Waals surface area contributed by atoms with Crippen LogP contribution in [0.3, 0.4) is 0 Å². The maximum Gasteiger partial charge on any atom is 0.313 e. The van der Waals surface area contributed by atoms with Gasteiger partial charge < -0.3 is 4.74 Å². The molecular formula is C15H19ClO2. The summed E-state index contributed by atoms with van der Waals surface area (Å²) in [6.07, 6.45) is 5.84. The van der Waals surface area contributed by atoms with E-state index < -0.39 is 0 Å². The lowest BCUT2D eigenvalue weighted by atomic mass is 9.77. The first-order chi connectivity index (χ1) is 8.74. The highest BCUT2D eigenvalue weighted by molar-refractivity contribution is 6.31. The third-order valence-corrected chi connectivity index (χ3v) is 4.16. The molecule has 0 aromatic heterocycles. The number of hydrogen-bond donors (Lipinski definition) is 0. The van der Waals surface area contributed by atoms with E-state index in [4.69, 9.17) is 16.3 Å². The number of ether oxygens (including phenoxy) is 1. The van der Waals surface area contributed by atoms with Gasteiger partial charge in [0, 0.05) is 5.02 Å². The van der Waals surface area contributed by atoms with Gasteiger partial charge in [-0.15, -0.1) is 0 Å². The summed E-state index contributed by atoms with van der Waals surface area (Å²) in [6, 6.07) is 7.61. The standard InChI is InChI=1S/C15H19ClO2/c1-18-15(17)14(11-7-3-2-4-8-11)12-9-5-6-10-13(12)16/h5-6,9-11,14H,2-4,7-8H2,1H3. The van der Waals surface area contributed by atoms with Gasteiger partial charge >= 0.3 is 5.97 Å². The van der Waals surface area contributed by atoms with Crippen molar-refractivity contribution in [3.8, 4) is 0 Å². The molecule has 1 atom stereocenters.